The Morgan fingerprint density at radius 3 is 2.34 bits per heavy atom. The Morgan fingerprint density at radius 1 is 1.06 bits per heavy atom. The van der Waals surface area contributed by atoms with Crippen LogP contribution in [0, 0.1) is 5.92 Å². The fourth-order valence-corrected chi connectivity index (χ4v) is 4.67. The highest BCUT2D eigenvalue weighted by atomic mass is 16.5. The molecule has 186 valence electrons. The van der Waals surface area contributed by atoms with Gasteiger partial charge in [0, 0.05) is 26.1 Å². The van der Waals surface area contributed by atoms with Gasteiger partial charge in [-0.1, -0.05) is 48.5 Å². The van der Waals surface area contributed by atoms with Gasteiger partial charge in [0.25, 0.3) is 0 Å². The van der Waals surface area contributed by atoms with Crippen molar-refractivity contribution in [2.24, 2.45) is 5.92 Å². The van der Waals surface area contributed by atoms with E-state index in [2.05, 4.69) is 34.9 Å². The zero-order chi connectivity index (χ0) is 24.8. The third-order valence-corrected chi connectivity index (χ3v) is 6.51. The van der Waals surface area contributed by atoms with E-state index in [0.717, 1.165) is 11.1 Å². The summed E-state index contributed by atoms with van der Waals surface area (Å²) in [4.78, 5) is 35.6. The molecule has 2 aromatic rings. The van der Waals surface area contributed by atoms with Crippen molar-refractivity contribution < 1.29 is 33.7 Å². The van der Waals surface area contributed by atoms with Crippen LogP contribution in [0.1, 0.15) is 29.9 Å². The number of hydrogen-bond acceptors (Lipinski definition) is 6. The van der Waals surface area contributed by atoms with E-state index in [4.69, 9.17) is 19.3 Å². The molecule has 0 spiro atoms. The van der Waals surface area contributed by atoms with E-state index < -0.39 is 18.2 Å². The second-order valence-corrected chi connectivity index (χ2v) is 8.80. The highest BCUT2D eigenvalue weighted by molar-refractivity contribution is 5.80. The Balaban J connectivity index is 1.20. The summed E-state index contributed by atoms with van der Waals surface area (Å²) in [5.74, 6) is -1.59. The zero-order valence-electron chi connectivity index (χ0n) is 19.6. The van der Waals surface area contributed by atoms with Gasteiger partial charge in [0.1, 0.15) is 6.61 Å². The first-order chi connectivity index (χ1) is 17.0. The number of carboxylic acid groups (broad SMARTS) is 1. The van der Waals surface area contributed by atoms with E-state index in [1.54, 1.807) is 0 Å². The van der Waals surface area contributed by atoms with E-state index in [9.17, 15) is 14.4 Å². The second kappa shape index (κ2) is 11.3. The molecule has 0 aromatic heterocycles. The summed E-state index contributed by atoms with van der Waals surface area (Å²) >= 11 is 0. The molecule has 35 heavy (non-hydrogen) atoms. The second-order valence-electron chi connectivity index (χ2n) is 8.80. The lowest BCUT2D eigenvalue weighted by atomic mass is 9.98. The SMILES string of the molecule is COC(CNC(=O)C1COC(CNC(=O)OCC2c3ccccc3-c3ccccc32)C1)CC(=O)O. The van der Waals surface area contributed by atoms with Crippen molar-refractivity contribution in [1.82, 2.24) is 10.6 Å². The Bertz CT molecular complexity index is 1030. The van der Waals surface area contributed by atoms with E-state index in [1.807, 2.05) is 24.3 Å². The molecule has 1 aliphatic heterocycles. The molecule has 3 unspecified atom stereocenters. The molecule has 2 aliphatic rings. The number of amides is 2. The van der Waals surface area contributed by atoms with Crippen LogP contribution in [0.5, 0.6) is 0 Å². The maximum Gasteiger partial charge on any atom is 0.407 e. The molecule has 0 radical (unpaired) electrons. The van der Waals surface area contributed by atoms with E-state index >= 15 is 0 Å². The Labute approximate surface area is 203 Å². The average Bonchev–Trinajstić information content (AvgIpc) is 3.46. The van der Waals surface area contributed by atoms with Gasteiger partial charge in [0.05, 0.1) is 31.2 Å². The first-order valence-electron chi connectivity index (χ1n) is 11.7. The lowest BCUT2D eigenvalue weighted by Crippen LogP contribution is -2.38. The van der Waals surface area contributed by atoms with Crippen LogP contribution in [-0.4, -0.2) is 68.7 Å². The van der Waals surface area contributed by atoms with Gasteiger partial charge < -0.3 is 30.0 Å². The standard InChI is InChI=1S/C26H30N2O7/c1-33-17(11-24(29)30)12-27-25(31)16-10-18(34-14-16)13-28-26(32)35-15-23-21-8-4-2-6-19(21)20-7-3-5-9-22(20)23/h2-9,16-18,23H,10-15H2,1H3,(H,27,31)(H,28,32)(H,29,30). The largest absolute Gasteiger partial charge is 0.481 e. The minimum atomic E-state index is -0.991. The highest BCUT2D eigenvalue weighted by Crippen LogP contribution is 2.44. The third-order valence-electron chi connectivity index (χ3n) is 6.51. The number of aliphatic carboxylic acids is 1. The van der Waals surface area contributed by atoms with Gasteiger partial charge in [0.15, 0.2) is 0 Å². The lowest BCUT2D eigenvalue weighted by Gasteiger charge is -2.16. The first kappa shape index (κ1) is 24.7. The average molecular weight is 483 g/mol. The molecular formula is C26H30N2O7. The highest BCUT2D eigenvalue weighted by Gasteiger charge is 2.32. The van der Waals surface area contributed by atoms with Crippen molar-refractivity contribution in [3.05, 3.63) is 59.7 Å². The Kier molecular flexibility index (Phi) is 7.99. The number of rotatable bonds is 10. The summed E-state index contributed by atoms with van der Waals surface area (Å²) in [5, 5.41) is 14.3. The fraction of sp³-hybridized carbons (Fsp3) is 0.423. The smallest absolute Gasteiger partial charge is 0.407 e. The minimum Gasteiger partial charge on any atom is -0.481 e. The summed E-state index contributed by atoms with van der Waals surface area (Å²) in [6.07, 6.45) is -1.16. The lowest BCUT2D eigenvalue weighted by molar-refractivity contribution is -0.140. The molecular weight excluding hydrogens is 452 g/mol. The number of alkyl carbamates (subject to hydrolysis) is 1. The molecule has 9 nitrogen and oxygen atoms in total. The predicted molar refractivity (Wildman–Crippen MR) is 127 cm³/mol. The summed E-state index contributed by atoms with van der Waals surface area (Å²) in [6.45, 7) is 0.813. The molecule has 1 fully saturated rings. The Morgan fingerprint density at radius 2 is 1.71 bits per heavy atom. The van der Waals surface area contributed by atoms with Gasteiger partial charge in [-0.3, -0.25) is 9.59 Å². The molecule has 2 amide bonds. The van der Waals surface area contributed by atoms with Crippen LogP contribution >= 0.6 is 0 Å². The van der Waals surface area contributed by atoms with E-state index in [0.29, 0.717) is 6.42 Å². The van der Waals surface area contributed by atoms with Crippen molar-refractivity contribution in [1.29, 1.82) is 0 Å². The molecule has 0 saturated carbocycles. The summed E-state index contributed by atoms with van der Waals surface area (Å²) < 4.78 is 16.3. The molecule has 1 aliphatic carbocycles. The van der Waals surface area contributed by atoms with Crippen LogP contribution in [-0.2, 0) is 23.8 Å². The molecule has 1 heterocycles. The minimum absolute atomic E-state index is 0.0130. The van der Waals surface area contributed by atoms with Crippen LogP contribution in [0.25, 0.3) is 11.1 Å². The molecule has 0 bridgehead atoms. The van der Waals surface area contributed by atoms with Gasteiger partial charge >= 0.3 is 12.1 Å². The monoisotopic (exact) mass is 482 g/mol. The van der Waals surface area contributed by atoms with Crippen molar-refractivity contribution in [3.8, 4) is 11.1 Å². The van der Waals surface area contributed by atoms with Crippen LogP contribution in [0.2, 0.25) is 0 Å². The maximum absolute atomic E-state index is 12.4. The zero-order valence-corrected chi connectivity index (χ0v) is 19.6. The summed E-state index contributed by atoms with van der Waals surface area (Å²) in [6, 6.07) is 16.3. The van der Waals surface area contributed by atoms with Gasteiger partial charge in [-0.05, 0) is 28.7 Å². The quantitative estimate of drug-likeness (QED) is 0.476. The van der Waals surface area contributed by atoms with E-state index in [-0.39, 0.29) is 56.6 Å². The molecule has 1 saturated heterocycles. The predicted octanol–water partition coefficient (Wildman–Crippen LogP) is 2.54. The van der Waals surface area contributed by atoms with Crippen molar-refractivity contribution in [3.63, 3.8) is 0 Å². The number of carbonyl (C=O) groups excluding carboxylic acids is 2. The number of hydrogen-bond donors (Lipinski definition) is 3. The Hall–Kier alpha value is -3.43. The first-order valence-corrected chi connectivity index (χ1v) is 11.7. The number of carbonyl (C=O) groups is 3. The van der Waals surface area contributed by atoms with Crippen LogP contribution < -0.4 is 10.6 Å². The topological polar surface area (TPSA) is 123 Å². The molecule has 3 N–H and O–H groups in total. The number of carboxylic acids is 1. The normalized spacial score (nSPS) is 19.5. The number of ether oxygens (including phenoxy) is 3. The van der Waals surface area contributed by atoms with Crippen molar-refractivity contribution >= 4 is 18.0 Å². The summed E-state index contributed by atoms with van der Waals surface area (Å²) in [5.41, 5.74) is 4.63. The third kappa shape index (κ3) is 5.98. The fourth-order valence-electron chi connectivity index (χ4n) is 4.67. The van der Waals surface area contributed by atoms with Crippen molar-refractivity contribution in [2.45, 2.75) is 31.0 Å². The van der Waals surface area contributed by atoms with E-state index in [1.165, 1.54) is 18.2 Å². The number of fused-ring (bicyclic) bond motifs is 3. The molecule has 2 aromatic carbocycles. The van der Waals surface area contributed by atoms with Crippen LogP contribution in [0.15, 0.2) is 48.5 Å². The number of benzene rings is 2. The number of methoxy groups -OCH3 is 1. The van der Waals surface area contributed by atoms with Gasteiger partial charge in [0.2, 0.25) is 5.91 Å². The summed E-state index contributed by atoms with van der Waals surface area (Å²) in [7, 11) is 1.41. The molecule has 3 atom stereocenters. The molecule has 9 heteroatoms. The molecule has 4 rings (SSSR count). The maximum atomic E-state index is 12.4. The van der Waals surface area contributed by atoms with Gasteiger partial charge in [-0.2, -0.15) is 0 Å². The van der Waals surface area contributed by atoms with Crippen LogP contribution in [0.3, 0.4) is 0 Å². The number of nitrogens with one attached hydrogen (secondary N) is 2. The van der Waals surface area contributed by atoms with Crippen LogP contribution in [0.4, 0.5) is 4.79 Å². The van der Waals surface area contributed by atoms with Gasteiger partial charge in [-0.25, -0.2) is 4.79 Å². The van der Waals surface area contributed by atoms with Crippen molar-refractivity contribution in [2.75, 3.05) is 33.4 Å². The van der Waals surface area contributed by atoms with Gasteiger partial charge in [-0.15, -0.1) is 0 Å².